The molecule has 80 valence electrons. The van der Waals surface area contributed by atoms with Crippen LogP contribution >= 0.6 is 0 Å². The first-order valence-electron chi connectivity index (χ1n) is 5.13. The number of rotatable bonds is 3. The Kier molecular flexibility index (Phi) is 3.69. The molecular weight excluding hydrogens is 178 g/mol. The van der Waals surface area contributed by atoms with Crippen molar-refractivity contribution in [3.05, 3.63) is 12.2 Å². The van der Waals surface area contributed by atoms with Crippen molar-refractivity contribution in [2.75, 3.05) is 6.61 Å². The Morgan fingerprint density at radius 1 is 1.57 bits per heavy atom. The minimum Gasteiger partial charge on any atom is -0.394 e. The molecule has 0 saturated heterocycles. The lowest BCUT2D eigenvalue weighted by atomic mass is 9.92. The molecule has 1 amide bonds. The van der Waals surface area contributed by atoms with Crippen LogP contribution in [-0.4, -0.2) is 23.2 Å². The van der Waals surface area contributed by atoms with E-state index in [9.17, 15) is 4.79 Å². The molecule has 0 spiro atoms. The zero-order valence-corrected chi connectivity index (χ0v) is 8.92. The number of hydrogen-bond acceptors (Lipinski definition) is 2. The third-order valence-corrected chi connectivity index (χ3v) is 2.50. The molecule has 0 fully saturated rings. The fraction of sp³-hybridized carbons (Fsp3) is 0.727. The van der Waals surface area contributed by atoms with Gasteiger partial charge in [-0.2, -0.15) is 0 Å². The van der Waals surface area contributed by atoms with Crippen molar-refractivity contribution in [1.82, 2.24) is 5.32 Å². The normalized spacial score (nSPS) is 22.1. The summed E-state index contributed by atoms with van der Waals surface area (Å²) in [6.45, 7) is 3.62. The average molecular weight is 197 g/mol. The smallest absolute Gasteiger partial charge is 0.223 e. The van der Waals surface area contributed by atoms with Crippen LogP contribution in [0, 0.1) is 5.92 Å². The van der Waals surface area contributed by atoms with E-state index in [1.165, 1.54) is 0 Å². The van der Waals surface area contributed by atoms with Crippen LogP contribution in [0.2, 0.25) is 0 Å². The van der Waals surface area contributed by atoms with Crippen molar-refractivity contribution in [2.45, 2.75) is 38.6 Å². The van der Waals surface area contributed by atoms with Crippen molar-refractivity contribution >= 4 is 5.91 Å². The number of aliphatic hydroxyl groups excluding tert-OH is 1. The Bertz CT molecular complexity index is 233. The fourth-order valence-corrected chi connectivity index (χ4v) is 1.51. The second-order valence-corrected chi connectivity index (χ2v) is 4.51. The highest BCUT2D eigenvalue weighted by Crippen LogP contribution is 2.19. The van der Waals surface area contributed by atoms with Gasteiger partial charge in [-0.15, -0.1) is 0 Å². The SMILES string of the molecule is CC(C)(CO)NC(=O)C1CC=CCC1. The summed E-state index contributed by atoms with van der Waals surface area (Å²) in [5.41, 5.74) is -0.502. The van der Waals surface area contributed by atoms with E-state index in [4.69, 9.17) is 5.11 Å². The molecule has 1 aliphatic carbocycles. The van der Waals surface area contributed by atoms with Crippen molar-refractivity contribution in [1.29, 1.82) is 0 Å². The van der Waals surface area contributed by atoms with Gasteiger partial charge >= 0.3 is 0 Å². The van der Waals surface area contributed by atoms with E-state index in [0.717, 1.165) is 19.3 Å². The molecule has 2 N–H and O–H groups in total. The molecular formula is C11H19NO2. The summed E-state index contributed by atoms with van der Waals surface area (Å²) in [6, 6.07) is 0. The van der Waals surface area contributed by atoms with Crippen LogP contribution in [0.15, 0.2) is 12.2 Å². The van der Waals surface area contributed by atoms with Crippen molar-refractivity contribution < 1.29 is 9.90 Å². The second-order valence-electron chi connectivity index (χ2n) is 4.51. The highest BCUT2D eigenvalue weighted by atomic mass is 16.3. The molecule has 1 unspecified atom stereocenters. The van der Waals surface area contributed by atoms with Crippen LogP contribution in [0.5, 0.6) is 0 Å². The molecule has 0 aliphatic heterocycles. The van der Waals surface area contributed by atoms with Crippen LogP contribution in [0.4, 0.5) is 0 Å². The van der Waals surface area contributed by atoms with Gasteiger partial charge in [0.05, 0.1) is 12.1 Å². The third kappa shape index (κ3) is 3.14. The predicted molar refractivity (Wildman–Crippen MR) is 55.8 cm³/mol. The standard InChI is InChI=1S/C11H19NO2/c1-11(2,8-13)12-10(14)9-6-4-3-5-7-9/h3-4,9,13H,5-8H2,1-2H3,(H,12,14). The molecule has 0 aromatic carbocycles. The first-order valence-corrected chi connectivity index (χ1v) is 5.13. The van der Waals surface area contributed by atoms with E-state index < -0.39 is 5.54 Å². The summed E-state index contributed by atoms with van der Waals surface area (Å²) in [5, 5.41) is 11.9. The van der Waals surface area contributed by atoms with Crippen molar-refractivity contribution in [2.24, 2.45) is 5.92 Å². The Balaban J connectivity index is 2.45. The summed E-state index contributed by atoms with van der Waals surface area (Å²) < 4.78 is 0. The van der Waals surface area contributed by atoms with E-state index in [-0.39, 0.29) is 18.4 Å². The summed E-state index contributed by atoms with van der Waals surface area (Å²) in [4.78, 5) is 11.7. The maximum absolute atomic E-state index is 11.7. The molecule has 1 rings (SSSR count). The number of hydrogen-bond donors (Lipinski definition) is 2. The summed E-state index contributed by atoms with van der Waals surface area (Å²) >= 11 is 0. The number of nitrogens with one attached hydrogen (secondary N) is 1. The van der Waals surface area contributed by atoms with Crippen LogP contribution in [-0.2, 0) is 4.79 Å². The Hall–Kier alpha value is -0.830. The molecule has 0 bridgehead atoms. The average Bonchev–Trinajstić information content (AvgIpc) is 2.19. The Morgan fingerprint density at radius 2 is 2.29 bits per heavy atom. The molecule has 1 atom stereocenters. The number of carbonyl (C=O) groups excluding carboxylic acids is 1. The molecule has 0 aromatic rings. The van der Waals surface area contributed by atoms with E-state index in [0.29, 0.717) is 0 Å². The lowest BCUT2D eigenvalue weighted by molar-refractivity contribution is -0.127. The molecule has 0 radical (unpaired) electrons. The minimum absolute atomic E-state index is 0.0265. The number of carbonyl (C=O) groups is 1. The van der Waals surface area contributed by atoms with Crippen LogP contribution < -0.4 is 5.32 Å². The first-order chi connectivity index (χ1) is 6.55. The van der Waals surface area contributed by atoms with Gasteiger partial charge in [0.2, 0.25) is 5.91 Å². The van der Waals surface area contributed by atoms with E-state index in [1.54, 1.807) is 0 Å². The van der Waals surface area contributed by atoms with Gasteiger partial charge in [-0.3, -0.25) is 4.79 Å². The topological polar surface area (TPSA) is 49.3 Å². The van der Waals surface area contributed by atoms with Crippen LogP contribution in [0.25, 0.3) is 0 Å². The van der Waals surface area contributed by atoms with E-state index in [2.05, 4.69) is 17.5 Å². The monoisotopic (exact) mass is 197 g/mol. The molecule has 0 heterocycles. The molecule has 3 nitrogen and oxygen atoms in total. The van der Waals surface area contributed by atoms with Gasteiger partial charge in [-0.25, -0.2) is 0 Å². The number of amides is 1. The maximum Gasteiger partial charge on any atom is 0.223 e. The molecule has 3 heteroatoms. The Labute approximate surface area is 85.2 Å². The van der Waals surface area contributed by atoms with Gasteiger partial charge in [0.1, 0.15) is 0 Å². The highest BCUT2D eigenvalue weighted by Gasteiger charge is 2.24. The summed E-state index contributed by atoms with van der Waals surface area (Å²) in [5.74, 6) is 0.152. The number of allylic oxidation sites excluding steroid dienone is 2. The van der Waals surface area contributed by atoms with Crippen molar-refractivity contribution in [3.63, 3.8) is 0 Å². The van der Waals surface area contributed by atoms with Gasteiger partial charge in [0, 0.05) is 5.92 Å². The summed E-state index contributed by atoms with van der Waals surface area (Å²) in [6.07, 6.45) is 6.90. The van der Waals surface area contributed by atoms with Crippen molar-refractivity contribution in [3.8, 4) is 0 Å². The second kappa shape index (κ2) is 4.60. The lowest BCUT2D eigenvalue weighted by Gasteiger charge is -2.27. The van der Waals surface area contributed by atoms with Gasteiger partial charge in [-0.1, -0.05) is 12.2 Å². The summed E-state index contributed by atoms with van der Waals surface area (Å²) in [7, 11) is 0. The Morgan fingerprint density at radius 3 is 2.79 bits per heavy atom. The maximum atomic E-state index is 11.7. The van der Waals surface area contributed by atoms with E-state index in [1.807, 2.05) is 13.8 Å². The molecule has 14 heavy (non-hydrogen) atoms. The van der Waals surface area contributed by atoms with E-state index >= 15 is 0 Å². The first kappa shape index (κ1) is 11.2. The predicted octanol–water partition coefficient (Wildman–Crippen LogP) is 1.23. The lowest BCUT2D eigenvalue weighted by Crippen LogP contribution is -2.48. The zero-order valence-electron chi connectivity index (χ0n) is 8.92. The van der Waals surface area contributed by atoms with Crippen LogP contribution in [0.3, 0.4) is 0 Å². The van der Waals surface area contributed by atoms with Gasteiger partial charge in [0.15, 0.2) is 0 Å². The van der Waals surface area contributed by atoms with Gasteiger partial charge in [-0.05, 0) is 33.1 Å². The molecule has 0 aromatic heterocycles. The highest BCUT2D eigenvalue weighted by molar-refractivity contribution is 5.79. The quantitative estimate of drug-likeness (QED) is 0.668. The van der Waals surface area contributed by atoms with Crippen LogP contribution in [0.1, 0.15) is 33.1 Å². The van der Waals surface area contributed by atoms with Gasteiger partial charge < -0.3 is 10.4 Å². The zero-order chi connectivity index (χ0) is 10.6. The fourth-order valence-electron chi connectivity index (χ4n) is 1.51. The van der Waals surface area contributed by atoms with Gasteiger partial charge in [0.25, 0.3) is 0 Å². The molecule has 1 aliphatic rings. The number of aliphatic hydroxyl groups is 1. The largest absolute Gasteiger partial charge is 0.394 e. The third-order valence-electron chi connectivity index (χ3n) is 2.50. The molecule has 0 saturated carbocycles. The minimum atomic E-state index is -0.502.